The Bertz CT molecular complexity index is 526. The predicted octanol–water partition coefficient (Wildman–Crippen LogP) is 2.99. The molecule has 1 aromatic rings. The molecule has 0 amide bonds. The highest BCUT2D eigenvalue weighted by molar-refractivity contribution is 9.10. The van der Waals surface area contributed by atoms with Crippen molar-refractivity contribution < 1.29 is 9.47 Å². The molecular formula is C15H22BrN3O2S. The summed E-state index contributed by atoms with van der Waals surface area (Å²) in [6.45, 7) is 1.90. The van der Waals surface area contributed by atoms with E-state index in [0.717, 1.165) is 40.5 Å². The molecule has 1 aliphatic heterocycles. The predicted molar refractivity (Wildman–Crippen MR) is 96.1 cm³/mol. The summed E-state index contributed by atoms with van der Waals surface area (Å²) in [6.07, 6.45) is 4.51. The molecular weight excluding hydrogens is 366 g/mol. The number of thioether (sulfide) groups is 1. The van der Waals surface area contributed by atoms with Crippen molar-refractivity contribution >= 4 is 33.7 Å². The SMILES string of the molecule is CN=C(NCCCCSC)NCc1cc(Br)c2c(c1)OCO2. The Morgan fingerprint density at radius 1 is 1.32 bits per heavy atom. The van der Waals surface area contributed by atoms with Crippen molar-refractivity contribution in [3.8, 4) is 11.5 Å². The van der Waals surface area contributed by atoms with Crippen LogP contribution in [0.25, 0.3) is 0 Å². The van der Waals surface area contributed by atoms with Crippen molar-refractivity contribution in [2.75, 3.05) is 32.4 Å². The second kappa shape index (κ2) is 9.15. The van der Waals surface area contributed by atoms with Gasteiger partial charge in [-0.05, 0) is 58.5 Å². The van der Waals surface area contributed by atoms with E-state index in [1.54, 1.807) is 7.05 Å². The molecule has 2 N–H and O–H groups in total. The van der Waals surface area contributed by atoms with Gasteiger partial charge in [0.15, 0.2) is 17.5 Å². The summed E-state index contributed by atoms with van der Waals surface area (Å²) in [6, 6.07) is 4.03. The molecule has 0 fully saturated rings. The van der Waals surface area contributed by atoms with Gasteiger partial charge < -0.3 is 20.1 Å². The van der Waals surface area contributed by atoms with E-state index >= 15 is 0 Å². The van der Waals surface area contributed by atoms with Crippen LogP contribution in [-0.2, 0) is 6.54 Å². The molecule has 0 saturated heterocycles. The van der Waals surface area contributed by atoms with Gasteiger partial charge >= 0.3 is 0 Å². The molecule has 0 radical (unpaired) electrons. The van der Waals surface area contributed by atoms with Crippen molar-refractivity contribution in [2.24, 2.45) is 4.99 Å². The van der Waals surface area contributed by atoms with Gasteiger partial charge in [0, 0.05) is 20.1 Å². The monoisotopic (exact) mass is 387 g/mol. The van der Waals surface area contributed by atoms with E-state index in [1.165, 1.54) is 12.2 Å². The highest BCUT2D eigenvalue weighted by Crippen LogP contribution is 2.39. The minimum Gasteiger partial charge on any atom is -0.454 e. The van der Waals surface area contributed by atoms with Crippen LogP contribution in [0.3, 0.4) is 0 Å². The maximum Gasteiger partial charge on any atom is 0.231 e. The van der Waals surface area contributed by atoms with Crippen molar-refractivity contribution in [2.45, 2.75) is 19.4 Å². The standard InChI is InChI=1S/C15H22BrN3O2S/c1-17-15(18-5-3-4-6-22-2)19-9-11-7-12(16)14-13(8-11)20-10-21-14/h7-8H,3-6,9-10H2,1-2H3,(H2,17,18,19). The van der Waals surface area contributed by atoms with Crippen molar-refractivity contribution in [1.82, 2.24) is 10.6 Å². The molecule has 1 aliphatic rings. The molecule has 0 bridgehead atoms. The minimum atomic E-state index is 0.282. The van der Waals surface area contributed by atoms with Gasteiger partial charge in [-0.3, -0.25) is 4.99 Å². The number of fused-ring (bicyclic) bond motifs is 1. The summed E-state index contributed by atoms with van der Waals surface area (Å²) in [7, 11) is 1.78. The van der Waals surface area contributed by atoms with Crippen LogP contribution >= 0.6 is 27.7 Å². The number of ether oxygens (including phenoxy) is 2. The average molecular weight is 388 g/mol. The number of guanidine groups is 1. The fraction of sp³-hybridized carbons (Fsp3) is 0.533. The van der Waals surface area contributed by atoms with Gasteiger partial charge in [0.2, 0.25) is 6.79 Å². The smallest absolute Gasteiger partial charge is 0.231 e. The Hall–Kier alpha value is -1.08. The van der Waals surface area contributed by atoms with Crippen LogP contribution in [0.15, 0.2) is 21.6 Å². The molecule has 5 nitrogen and oxygen atoms in total. The Morgan fingerprint density at radius 2 is 2.18 bits per heavy atom. The van der Waals surface area contributed by atoms with Gasteiger partial charge in [-0.2, -0.15) is 11.8 Å². The molecule has 122 valence electrons. The number of rotatable bonds is 7. The number of hydrogen-bond acceptors (Lipinski definition) is 4. The lowest BCUT2D eigenvalue weighted by Crippen LogP contribution is -2.37. The van der Waals surface area contributed by atoms with Gasteiger partial charge in [0.25, 0.3) is 0 Å². The Kier molecular flexibility index (Phi) is 7.18. The molecule has 0 aliphatic carbocycles. The quantitative estimate of drug-likeness (QED) is 0.427. The minimum absolute atomic E-state index is 0.282. The van der Waals surface area contributed by atoms with E-state index in [2.05, 4.69) is 37.8 Å². The molecule has 0 spiro atoms. The zero-order valence-corrected chi connectivity index (χ0v) is 15.3. The zero-order chi connectivity index (χ0) is 15.8. The van der Waals surface area contributed by atoms with Crippen molar-refractivity contribution in [3.05, 3.63) is 22.2 Å². The average Bonchev–Trinajstić information content (AvgIpc) is 2.99. The molecule has 0 aromatic heterocycles. The number of nitrogens with one attached hydrogen (secondary N) is 2. The van der Waals surface area contributed by atoms with Gasteiger partial charge in [-0.15, -0.1) is 0 Å². The number of nitrogens with zero attached hydrogens (tertiary/aromatic N) is 1. The van der Waals surface area contributed by atoms with Gasteiger partial charge in [-0.1, -0.05) is 0 Å². The summed E-state index contributed by atoms with van der Waals surface area (Å²) in [4.78, 5) is 4.24. The molecule has 1 heterocycles. The molecule has 0 atom stereocenters. The first-order valence-corrected chi connectivity index (χ1v) is 9.44. The maximum absolute atomic E-state index is 5.43. The lowest BCUT2D eigenvalue weighted by Gasteiger charge is -2.12. The second-order valence-corrected chi connectivity index (χ2v) is 6.70. The fourth-order valence-electron chi connectivity index (χ4n) is 2.11. The van der Waals surface area contributed by atoms with Crippen LogP contribution in [0.5, 0.6) is 11.5 Å². The third-order valence-corrected chi connectivity index (χ3v) is 4.52. The first kappa shape index (κ1) is 17.3. The lowest BCUT2D eigenvalue weighted by molar-refractivity contribution is 0.173. The highest BCUT2D eigenvalue weighted by atomic mass is 79.9. The topological polar surface area (TPSA) is 54.9 Å². The first-order chi connectivity index (χ1) is 10.7. The van der Waals surface area contributed by atoms with E-state index in [4.69, 9.17) is 9.47 Å². The maximum atomic E-state index is 5.43. The van der Waals surface area contributed by atoms with Crippen LogP contribution in [0, 0.1) is 0 Å². The van der Waals surface area contributed by atoms with Crippen molar-refractivity contribution in [1.29, 1.82) is 0 Å². The summed E-state index contributed by atoms with van der Waals surface area (Å²) in [5.41, 5.74) is 1.11. The summed E-state index contributed by atoms with van der Waals surface area (Å²) >= 11 is 5.39. The fourth-order valence-corrected chi connectivity index (χ4v) is 3.20. The van der Waals surface area contributed by atoms with E-state index in [-0.39, 0.29) is 6.79 Å². The van der Waals surface area contributed by atoms with Crippen LogP contribution in [-0.4, -0.2) is 38.4 Å². The van der Waals surface area contributed by atoms with E-state index in [1.807, 2.05) is 23.9 Å². The van der Waals surface area contributed by atoms with Gasteiger partial charge in [0.05, 0.1) is 4.47 Å². The normalized spacial score (nSPS) is 13.3. The Balaban J connectivity index is 1.80. The molecule has 22 heavy (non-hydrogen) atoms. The van der Waals surface area contributed by atoms with Gasteiger partial charge in [0.1, 0.15) is 0 Å². The lowest BCUT2D eigenvalue weighted by atomic mass is 10.2. The third-order valence-electron chi connectivity index (χ3n) is 3.24. The molecule has 2 rings (SSSR count). The van der Waals surface area contributed by atoms with Crippen LogP contribution in [0.2, 0.25) is 0 Å². The number of hydrogen-bond donors (Lipinski definition) is 2. The summed E-state index contributed by atoms with van der Waals surface area (Å²) < 4.78 is 11.7. The Labute approximate surface area is 144 Å². The number of aliphatic imine (C=N–C) groups is 1. The van der Waals surface area contributed by atoms with Crippen LogP contribution in [0.4, 0.5) is 0 Å². The van der Waals surface area contributed by atoms with E-state index in [9.17, 15) is 0 Å². The van der Waals surface area contributed by atoms with Crippen molar-refractivity contribution in [3.63, 3.8) is 0 Å². The third kappa shape index (κ3) is 4.98. The number of halogens is 1. The van der Waals surface area contributed by atoms with Crippen LogP contribution in [0.1, 0.15) is 18.4 Å². The molecule has 0 unspecified atom stereocenters. The summed E-state index contributed by atoms with van der Waals surface area (Å²) in [5, 5.41) is 6.64. The van der Waals surface area contributed by atoms with Gasteiger partial charge in [-0.25, -0.2) is 0 Å². The van der Waals surface area contributed by atoms with E-state index < -0.39 is 0 Å². The Morgan fingerprint density at radius 3 is 2.95 bits per heavy atom. The first-order valence-electron chi connectivity index (χ1n) is 7.26. The van der Waals surface area contributed by atoms with E-state index in [0.29, 0.717) is 6.54 Å². The molecule has 0 saturated carbocycles. The molecule has 1 aromatic carbocycles. The van der Waals surface area contributed by atoms with Crippen LogP contribution < -0.4 is 20.1 Å². The highest BCUT2D eigenvalue weighted by Gasteiger charge is 2.17. The largest absolute Gasteiger partial charge is 0.454 e. The number of unbranched alkanes of at least 4 members (excludes halogenated alkanes) is 1. The molecule has 7 heteroatoms. The number of benzene rings is 1. The zero-order valence-electron chi connectivity index (χ0n) is 12.9. The second-order valence-electron chi connectivity index (χ2n) is 4.86. The summed E-state index contributed by atoms with van der Waals surface area (Å²) in [5.74, 6) is 3.59.